The number of aliphatic hydroxyl groups is 1. The van der Waals surface area contributed by atoms with Crippen molar-refractivity contribution in [2.75, 3.05) is 13.1 Å². The molecule has 1 unspecified atom stereocenters. The van der Waals surface area contributed by atoms with Gasteiger partial charge in [-0.2, -0.15) is 8.78 Å². The summed E-state index contributed by atoms with van der Waals surface area (Å²) in [7, 11) is 0. The number of aromatic nitrogens is 1. The number of rotatable bonds is 6. The highest BCUT2D eigenvalue weighted by atomic mass is 19.3. The molecule has 0 saturated carbocycles. The molecule has 1 aromatic carbocycles. The zero-order valence-corrected chi connectivity index (χ0v) is 15.5. The van der Waals surface area contributed by atoms with E-state index in [4.69, 9.17) is 0 Å². The van der Waals surface area contributed by atoms with Crippen LogP contribution in [0.2, 0.25) is 0 Å². The normalized spacial score (nSPS) is 16.7. The molecule has 1 saturated heterocycles. The molecule has 1 amide bonds. The Morgan fingerprint density at radius 2 is 1.81 bits per heavy atom. The van der Waals surface area contributed by atoms with Gasteiger partial charge in [0.1, 0.15) is 5.69 Å². The van der Waals surface area contributed by atoms with Gasteiger partial charge in [0, 0.05) is 18.8 Å². The number of benzene rings is 1. The third-order valence-electron chi connectivity index (χ3n) is 5.48. The van der Waals surface area contributed by atoms with Gasteiger partial charge in [0.15, 0.2) is 0 Å². The Morgan fingerprint density at radius 1 is 1.15 bits per heavy atom. The molecule has 0 aliphatic carbocycles. The third kappa shape index (κ3) is 4.56. The number of carbonyl (C=O) groups is 1. The molecule has 1 aliphatic rings. The average Bonchev–Trinajstić information content (AvgIpc) is 3.08. The lowest BCUT2D eigenvalue weighted by Gasteiger charge is -2.34. The monoisotopic (exact) mass is 376 g/mol. The molecule has 146 valence electrons. The molecule has 1 aromatic heterocycles. The topological polar surface area (TPSA) is 45.5 Å². The Bertz CT molecular complexity index is 753. The molecular weight excluding hydrogens is 350 g/mol. The van der Waals surface area contributed by atoms with Crippen LogP contribution < -0.4 is 0 Å². The van der Waals surface area contributed by atoms with E-state index in [1.165, 1.54) is 11.6 Å². The second-order valence-corrected chi connectivity index (χ2v) is 7.23. The quantitative estimate of drug-likeness (QED) is 0.827. The van der Waals surface area contributed by atoms with Gasteiger partial charge >= 0.3 is 6.55 Å². The maximum absolute atomic E-state index is 13.2. The van der Waals surface area contributed by atoms with Crippen molar-refractivity contribution >= 4 is 5.91 Å². The number of nitrogens with zero attached hydrogens (tertiary/aromatic N) is 2. The zero-order valence-electron chi connectivity index (χ0n) is 15.5. The van der Waals surface area contributed by atoms with E-state index < -0.39 is 12.7 Å². The molecule has 1 atom stereocenters. The smallest absolute Gasteiger partial charge is 0.319 e. The van der Waals surface area contributed by atoms with Crippen LogP contribution >= 0.6 is 0 Å². The summed E-state index contributed by atoms with van der Waals surface area (Å²) in [6.45, 7) is -0.187. The SMILES string of the molecule is Cc1ccc(C(=O)N2CCC(C(O)CCc3ccccc3)CC2)n1C(F)F. The van der Waals surface area contributed by atoms with Gasteiger partial charge in [-0.25, -0.2) is 0 Å². The van der Waals surface area contributed by atoms with E-state index in [2.05, 4.69) is 0 Å². The van der Waals surface area contributed by atoms with Crippen molar-refractivity contribution in [2.24, 2.45) is 5.92 Å². The molecule has 3 rings (SSSR count). The van der Waals surface area contributed by atoms with Gasteiger partial charge in [-0.05, 0) is 56.2 Å². The van der Waals surface area contributed by atoms with Gasteiger partial charge in [-0.15, -0.1) is 0 Å². The van der Waals surface area contributed by atoms with E-state index in [0.29, 0.717) is 38.0 Å². The standard InChI is InChI=1S/C21H26F2N2O2/c1-15-7-9-18(25(15)21(22)23)20(27)24-13-11-17(12-14-24)19(26)10-8-16-5-3-2-4-6-16/h2-7,9,17,19,21,26H,8,10-14H2,1H3. The van der Waals surface area contributed by atoms with Crippen molar-refractivity contribution in [3.05, 3.63) is 59.4 Å². The highest BCUT2D eigenvalue weighted by Crippen LogP contribution is 2.26. The van der Waals surface area contributed by atoms with Crippen molar-refractivity contribution in [3.8, 4) is 0 Å². The first-order chi connectivity index (χ1) is 13.0. The highest BCUT2D eigenvalue weighted by molar-refractivity contribution is 5.93. The molecular formula is C21H26F2N2O2. The van der Waals surface area contributed by atoms with Crippen LogP contribution in [0.1, 0.15) is 47.6 Å². The van der Waals surface area contributed by atoms with E-state index >= 15 is 0 Å². The first kappa shape index (κ1) is 19.5. The molecule has 1 fully saturated rings. The molecule has 2 heterocycles. The van der Waals surface area contributed by atoms with Crippen molar-refractivity contribution in [3.63, 3.8) is 0 Å². The molecule has 0 radical (unpaired) electrons. The highest BCUT2D eigenvalue weighted by Gasteiger charge is 2.30. The van der Waals surface area contributed by atoms with Crippen LogP contribution in [-0.4, -0.2) is 39.7 Å². The number of halogens is 2. The van der Waals surface area contributed by atoms with Crippen LogP contribution in [0.15, 0.2) is 42.5 Å². The number of hydrogen-bond acceptors (Lipinski definition) is 2. The van der Waals surface area contributed by atoms with Gasteiger partial charge < -0.3 is 10.0 Å². The van der Waals surface area contributed by atoms with Crippen molar-refractivity contribution in [2.45, 2.75) is 45.3 Å². The van der Waals surface area contributed by atoms with E-state index in [1.54, 1.807) is 17.9 Å². The van der Waals surface area contributed by atoms with E-state index in [9.17, 15) is 18.7 Å². The number of aryl methyl sites for hydroxylation is 2. The minimum atomic E-state index is -2.73. The lowest BCUT2D eigenvalue weighted by atomic mass is 9.88. The fraction of sp³-hybridized carbons (Fsp3) is 0.476. The van der Waals surface area contributed by atoms with E-state index in [-0.39, 0.29) is 17.5 Å². The van der Waals surface area contributed by atoms with Crippen LogP contribution in [-0.2, 0) is 6.42 Å². The summed E-state index contributed by atoms with van der Waals surface area (Å²) >= 11 is 0. The van der Waals surface area contributed by atoms with E-state index in [1.807, 2.05) is 30.3 Å². The summed E-state index contributed by atoms with van der Waals surface area (Å²) in [4.78, 5) is 14.3. The molecule has 1 aliphatic heterocycles. The predicted octanol–water partition coefficient (Wildman–Crippen LogP) is 4.04. The zero-order chi connectivity index (χ0) is 19.4. The lowest BCUT2D eigenvalue weighted by Crippen LogP contribution is -2.42. The molecule has 6 heteroatoms. The van der Waals surface area contributed by atoms with Crippen molar-refractivity contribution < 1.29 is 18.7 Å². The van der Waals surface area contributed by atoms with Gasteiger partial charge in [-0.3, -0.25) is 9.36 Å². The van der Waals surface area contributed by atoms with Crippen LogP contribution in [0.3, 0.4) is 0 Å². The second-order valence-electron chi connectivity index (χ2n) is 7.23. The summed E-state index contributed by atoms with van der Waals surface area (Å²) in [5.41, 5.74) is 1.61. The number of likely N-dealkylation sites (tertiary alicyclic amines) is 1. The Morgan fingerprint density at radius 3 is 2.44 bits per heavy atom. The Balaban J connectivity index is 1.53. The number of carbonyl (C=O) groups excluding carboxylic acids is 1. The Hall–Kier alpha value is -2.21. The average molecular weight is 376 g/mol. The molecule has 2 aromatic rings. The third-order valence-corrected chi connectivity index (χ3v) is 5.48. The first-order valence-corrected chi connectivity index (χ1v) is 9.44. The molecule has 1 N–H and O–H groups in total. The molecule has 27 heavy (non-hydrogen) atoms. The van der Waals surface area contributed by atoms with Gasteiger partial charge in [0.05, 0.1) is 6.10 Å². The molecule has 0 bridgehead atoms. The summed E-state index contributed by atoms with van der Waals surface area (Å²) in [5, 5.41) is 10.5. The lowest BCUT2D eigenvalue weighted by molar-refractivity contribution is 0.0381. The number of piperidine rings is 1. The fourth-order valence-electron chi connectivity index (χ4n) is 3.83. The van der Waals surface area contributed by atoms with Gasteiger partial charge in [0.2, 0.25) is 0 Å². The predicted molar refractivity (Wildman–Crippen MR) is 99.8 cm³/mol. The second kappa shape index (κ2) is 8.65. The van der Waals surface area contributed by atoms with Crippen LogP contribution in [0, 0.1) is 12.8 Å². The minimum Gasteiger partial charge on any atom is -0.393 e. The van der Waals surface area contributed by atoms with Crippen molar-refractivity contribution in [1.29, 1.82) is 0 Å². The number of amides is 1. The van der Waals surface area contributed by atoms with E-state index in [0.717, 1.165) is 11.0 Å². The number of hydrogen-bond donors (Lipinski definition) is 1. The summed E-state index contributed by atoms with van der Waals surface area (Å²) in [6, 6.07) is 13.1. The van der Waals surface area contributed by atoms with Gasteiger partial charge in [0.25, 0.3) is 5.91 Å². The van der Waals surface area contributed by atoms with Gasteiger partial charge in [-0.1, -0.05) is 30.3 Å². The first-order valence-electron chi connectivity index (χ1n) is 9.44. The largest absolute Gasteiger partial charge is 0.393 e. The summed E-state index contributed by atoms with van der Waals surface area (Å²) in [5.74, 6) is -0.220. The Kier molecular flexibility index (Phi) is 6.26. The summed E-state index contributed by atoms with van der Waals surface area (Å²) in [6.07, 6.45) is 2.49. The maximum atomic E-state index is 13.2. The van der Waals surface area contributed by atoms with Crippen LogP contribution in [0.25, 0.3) is 0 Å². The summed E-state index contributed by atoms with van der Waals surface area (Å²) < 4.78 is 27.2. The van der Waals surface area contributed by atoms with Crippen LogP contribution in [0.5, 0.6) is 0 Å². The molecule has 4 nitrogen and oxygen atoms in total. The Labute approximate surface area is 158 Å². The number of aliphatic hydroxyl groups excluding tert-OH is 1. The number of alkyl halides is 2. The fourth-order valence-corrected chi connectivity index (χ4v) is 3.83. The van der Waals surface area contributed by atoms with Crippen LogP contribution in [0.4, 0.5) is 8.78 Å². The maximum Gasteiger partial charge on any atom is 0.319 e. The molecule has 0 spiro atoms. The van der Waals surface area contributed by atoms with Crippen molar-refractivity contribution in [1.82, 2.24) is 9.47 Å². The minimum absolute atomic E-state index is 0.0329.